The van der Waals surface area contributed by atoms with Gasteiger partial charge in [0.2, 0.25) is 10.0 Å². The zero-order valence-corrected chi connectivity index (χ0v) is 14.5. The summed E-state index contributed by atoms with van der Waals surface area (Å²) >= 11 is 0. The first kappa shape index (κ1) is 17.5. The van der Waals surface area contributed by atoms with Crippen LogP contribution in [0.25, 0.3) is 11.1 Å². The second kappa shape index (κ2) is 6.89. The van der Waals surface area contributed by atoms with Crippen molar-refractivity contribution in [2.24, 2.45) is 0 Å². The Labute approximate surface area is 144 Å². The highest BCUT2D eigenvalue weighted by Gasteiger charge is 2.29. The number of oxazole rings is 1. The quantitative estimate of drug-likeness (QED) is 0.863. The number of ether oxygens (including phenoxy) is 1. The van der Waals surface area contributed by atoms with Crippen LogP contribution in [-0.2, 0) is 14.8 Å². The highest BCUT2D eigenvalue weighted by molar-refractivity contribution is 7.89. The highest BCUT2D eigenvalue weighted by Crippen LogP contribution is 2.21. The lowest BCUT2D eigenvalue weighted by Gasteiger charge is -2.21. The van der Waals surface area contributed by atoms with Crippen LogP contribution in [0.3, 0.4) is 0 Å². The lowest BCUT2D eigenvalue weighted by Crippen LogP contribution is -2.37. The topological polar surface area (TPSA) is 113 Å². The molecular weight excluding hydrogens is 350 g/mol. The second-order valence-corrected chi connectivity index (χ2v) is 7.55. The molecule has 1 aromatic heterocycles. The first-order valence-electron chi connectivity index (χ1n) is 7.96. The van der Waals surface area contributed by atoms with E-state index < -0.39 is 21.9 Å². The Morgan fingerprint density at radius 3 is 2.84 bits per heavy atom. The summed E-state index contributed by atoms with van der Waals surface area (Å²) < 4.78 is 36.9. The number of aromatic nitrogens is 1. The fraction of sp³-hybridized carbons (Fsp3) is 0.467. The molecule has 0 spiro atoms. The van der Waals surface area contributed by atoms with Crippen molar-refractivity contribution in [1.29, 1.82) is 0 Å². The average Bonchev–Trinajstić information content (AvgIpc) is 2.78. The van der Waals surface area contributed by atoms with Gasteiger partial charge in [-0.05, 0) is 31.5 Å². The molecule has 1 aromatic carbocycles. The van der Waals surface area contributed by atoms with Crippen LogP contribution in [0.5, 0.6) is 0 Å². The highest BCUT2D eigenvalue weighted by atomic mass is 32.2. The summed E-state index contributed by atoms with van der Waals surface area (Å²) in [6.45, 7) is 3.20. The normalized spacial score (nSPS) is 16.8. The molecule has 0 radical (unpaired) electrons. The number of fused-ring (bicyclic) bond motifs is 1. The van der Waals surface area contributed by atoms with Crippen LogP contribution in [0.1, 0.15) is 13.3 Å². The summed E-state index contributed by atoms with van der Waals surface area (Å²) in [7, 11) is -3.74. The maximum absolute atomic E-state index is 12.9. The van der Waals surface area contributed by atoms with E-state index >= 15 is 0 Å². The summed E-state index contributed by atoms with van der Waals surface area (Å²) in [5, 5.41) is 0. The first-order chi connectivity index (χ1) is 11.9. The van der Waals surface area contributed by atoms with E-state index in [9.17, 15) is 18.0 Å². The van der Waals surface area contributed by atoms with Crippen LogP contribution in [0.4, 0.5) is 4.79 Å². The Bertz CT molecular complexity index is 932. The van der Waals surface area contributed by atoms with Gasteiger partial charge in [-0.3, -0.25) is 4.98 Å². The molecule has 0 bridgehead atoms. The van der Waals surface area contributed by atoms with Crippen molar-refractivity contribution < 1.29 is 22.4 Å². The number of sulfonamides is 1. The number of nitrogens with one attached hydrogen (secondary N) is 1. The van der Waals surface area contributed by atoms with Gasteiger partial charge < -0.3 is 14.1 Å². The number of hydrogen-bond acceptors (Lipinski definition) is 6. The molecule has 0 unspecified atom stereocenters. The number of aromatic amines is 1. The fourth-order valence-corrected chi connectivity index (χ4v) is 4.27. The Morgan fingerprint density at radius 1 is 1.28 bits per heavy atom. The van der Waals surface area contributed by atoms with Crippen LogP contribution in [0.15, 0.2) is 32.3 Å². The average molecular weight is 369 g/mol. The molecule has 1 aliphatic rings. The molecule has 2 heterocycles. The number of benzene rings is 1. The van der Waals surface area contributed by atoms with E-state index in [2.05, 4.69) is 4.98 Å². The smallest absolute Gasteiger partial charge is 0.417 e. The molecule has 25 heavy (non-hydrogen) atoms. The minimum atomic E-state index is -3.74. The molecule has 1 N–H and O–H groups in total. The SMILES string of the molecule is CCOC(=O)N1CCCN(S(=O)(=O)c2ccc3oc(=O)[nH]c3c2)CC1. The summed E-state index contributed by atoms with van der Waals surface area (Å²) in [5.74, 6) is -0.635. The van der Waals surface area contributed by atoms with Gasteiger partial charge in [0.05, 0.1) is 17.0 Å². The minimum Gasteiger partial charge on any atom is -0.450 e. The zero-order valence-electron chi connectivity index (χ0n) is 13.7. The van der Waals surface area contributed by atoms with Crippen molar-refractivity contribution in [3.05, 3.63) is 28.7 Å². The third-order valence-corrected chi connectivity index (χ3v) is 5.90. The van der Waals surface area contributed by atoms with Crippen molar-refractivity contribution >= 4 is 27.2 Å². The Hall–Kier alpha value is -2.33. The number of amides is 1. The van der Waals surface area contributed by atoms with Gasteiger partial charge in [0, 0.05) is 26.2 Å². The van der Waals surface area contributed by atoms with E-state index in [1.807, 2.05) is 0 Å². The second-order valence-electron chi connectivity index (χ2n) is 5.62. The summed E-state index contributed by atoms with van der Waals surface area (Å²) in [6, 6.07) is 4.23. The predicted octanol–water partition coefficient (Wildman–Crippen LogP) is 0.974. The third-order valence-electron chi connectivity index (χ3n) is 4.01. The third kappa shape index (κ3) is 3.54. The van der Waals surface area contributed by atoms with Crippen LogP contribution in [0, 0.1) is 0 Å². The maximum atomic E-state index is 12.9. The van der Waals surface area contributed by atoms with E-state index in [1.165, 1.54) is 27.4 Å². The van der Waals surface area contributed by atoms with Gasteiger partial charge >= 0.3 is 11.8 Å². The molecule has 0 atom stereocenters. The van der Waals surface area contributed by atoms with Gasteiger partial charge in [-0.15, -0.1) is 0 Å². The molecule has 0 aliphatic carbocycles. The van der Waals surface area contributed by atoms with Crippen molar-refractivity contribution in [2.75, 3.05) is 32.8 Å². The summed E-state index contributed by atoms with van der Waals surface area (Å²) in [4.78, 5) is 27.1. The molecule has 1 saturated heterocycles. The van der Waals surface area contributed by atoms with Gasteiger partial charge in [-0.2, -0.15) is 4.31 Å². The van der Waals surface area contributed by atoms with Crippen molar-refractivity contribution in [3.63, 3.8) is 0 Å². The van der Waals surface area contributed by atoms with Crippen molar-refractivity contribution in [1.82, 2.24) is 14.2 Å². The van der Waals surface area contributed by atoms with Gasteiger partial charge in [0.15, 0.2) is 5.58 Å². The summed E-state index contributed by atoms with van der Waals surface area (Å²) in [5.41, 5.74) is 0.627. The standard InChI is InChI=1S/C15H19N3O6S/c1-2-23-15(20)17-6-3-7-18(9-8-17)25(21,22)11-4-5-13-12(10-11)16-14(19)24-13/h4-5,10H,2-3,6-9H2,1H3,(H,16,19). The first-order valence-corrected chi connectivity index (χ1v) is 9.40. The number of carbonyl (C=O) groups is 1. The van der Waals surface area contributed by atoms with E-state index in [-0.39, 0.29) is 24.6 Å². The van der Waals surface area contributed by atoms with E-state index in [0.29, 0.717) is 30.6 Å². The number of nitrogens with zero attached hydrogens (tertiary/aromatic N) is 2. The Kier molecular flexibility index (Phi) is 4.82. The van der Waals surface area contributed by atoms with E-state index in [4.69, 9.17) is 9.15 Å². The lowest BCUT2D eigenvalue weighted by molar-refractivity contribution is 0.109. The Morgan fingerprint density at radius 2 is 2.08 bits per heavy atom. The molecule has 1 fully saturated rings. The zero-order chi connectivity index (χ0) is 18.0. The van der Waals surface area contributed by atoms with Crippen molar-refractivity contribution in [3.8, 4) is 0 Å². The van der Waals surface area contributed by atoms with Gasteiger partial charge in [-0.25, -0.2) is 18.0 Å². The van der Waals surface area contributed by atoms with E-state index in [0.717, 1.165) is 0 Å². The monoisotopic (exact) mass is 369 g/mol. The van der Waals surface area contributed by atoms with Gasteiger partial charge in [-0.1, -0.05) is 0 Å². The molecule has 1 amide bonds. The predicted molar refractivity (Wildman–Crippen MR) is 88.8 cm³/mol. The molecule has 0 saturated carbocycles. The Balaban J connectivity index is 1.81. The lowest BCUT2D eigenvalue weighted by atomic mass is 10.3. The molecule has 2 aromatic rings. The van der Waals surface area contributed by atoms with Gasteiger partial charge in [0.25, 0.3) is 0 Å². The van der Waals surface area contributed by atoms with Crippen LogP contribution < -0.4 is 5.76 Å². The molecule has 136 valence electrons. The van der Waals surface area contributed by atoms with Crippen LogP contribution in [-0.4, -0.2) is 61.5 Å². The molecule has 1 aliphatic heterocycles. The number of hydrogen-bond donors (Lipinski definition) is 1. The van der Waals surface area contributed by atoms with E-state index in [1.54, 1.807) is 6.92 Å². The molecule has 10 heteroatoms. The largest absolute Gasteiger partial charge is 0.450 e. The minimum absolute atomic E-state index is 0.0710. The van der Waals surface area contributed by atoms with Crippen molar-refractivity contribution in [2.45, 2.75) is 18.2 Å². The van der Waals surface area contributed by atoms with Crippen LogP contribution >= 0.6 is 0 Å². The number of carbonyl (C=O) groups excluding carboxylic acids is 1. The molecular formula is C15H19N3O6S. The molecule has 9 nitrogen and oxygen atoms in total. The molecule has 3 rings (SSSR count). The number of rotatable bonds is 3. The maximum Gasteiger partial charge on any atom is 0.417 e. The number of H-pyrrole nitrogens is 1. The fourth-order valence-electron chi connectivity index (χ4n) is 2.77. The van der Waals surface area contributed by atoms with Gasteiger partial charge in [0.1, 0.15) is 0 Å². The van der Waals surface area contributed by atoms with Crippen LogP contribution in [0.2, 0.25) is 0 Å². The summed E-state index contributed by atoms with van der Waals surface area (Å²) in [6.07, 6.45) is 0.0853.